The summed E-state index contributed by atoms with van der Waals surface area (Å²) in [4.78, 5) is 30.9. The second-order valence-electron chi connectivity index (χ2n) is 11.2. The molecule has 0 bridgehead atoms. The normalized spacial score (nSPS) is 20.9. The molecule has 0 spiro atoms. The van der Waals surface area contributed by atoms with Crippen molar-refractivity contribution in [2.75, 3.05) is 64.3 Å². The molecular weight excluding hydrogens is 549 g/mol. The maximum Gasteiger partial charge on any atom is 0.256 e. The lowest BCUT2D eigenvalue weighted by molar-refractivity contribution is -0.142. The fraction of sp³-hybridized carbons (Fsp3) is 0.533. The second kappa shape index (κ2) is 13.4. The lowest BCUT2D eigenvalue weighted by Crippen LogP contribution is -2.49. The summed E-state index contributed by atoms with van der Waals surface area (Å²) in [5.41, 5.74) is 0.581. The molecule has 0 aromatic heterocycles. The van der Waals surface area contributed by atoms with Crippen LogP contribution in [0.3, 0.4) is 0 Å². The van der Waals surface area contributed by atoms with Gasteiger partial charge in [-0.15, -0.1) is 0 Å². The average Bonchev–Trinajstić information content (AvgIpc) is 3.69. The molecule has 10 heteroatoms. The predicted molar refractivity (Wildman–Crippen MR) is 159 cm³/mol. The summed E-state index contributed by atoms with van der Waals surface area (Å²) in [6, 6.07) is 12.3. The van der Waals surface area contributed by atoms with E-state index in [-0.39, 0.29) is 24.9 Å². The minimum absolute atomic E-state index is 0.00213. The molecule has 3 fully saturated rings. The Bertz CT molecular complexity index is 1160. The molecule has 2 saturated heterocycles. The van der Waals surface area contributed by atoms with Gasteiger partial charge in [0.1, 0.15) is 5.75 Å². The summed E-state index contributed by atoms with van der Waals surface area (Å²) in [7, 11) is 1.83. The molecule has 1 aliphatic carbocycles. The minimum atomic E-state index is -0.150. The SMILES string of the molecule is CN(C(=O)CN(CC(=O)NCCN1CCCC1)c1cc(Cl)ccc1Oc1ccc(Cl)cc1)N1CC2CCC[C@@H]2C1. The van der Waals surface area contributed by atoms with Gasteiger partial charge in [-0.3, -0.25) is 14.6 Å². The van der Waals surface area contributed by atoms with E-state index in [4.69, 9.17) is 27.9 Å². The quantitative estimate of drug-likeness (QED) is 0.403. The molecule has 2 aromatic carbocycles. The number of hydrogen-bond donors (Lipinski definition) is 1. The number of nitrogens with one attached hydrogen (secondary N) is 1. The second-order valence-corrected chi connectivity index (χ2v) is 12.0. The Kier molecular flexibility index (Phi) is 9.73. The van der Waals surface area contributed by atoms with E-state index in [1.54, 1.807) is 52.4 Å². The van der Waals surface area contributed by atoms with Crippen LogP contribution in [0.2, 0.25) is 10.0 Å². The first-order valence-electron chi connectivity index (χ1n) is 14.3. The number of anilines is 1. The van der Waals surface area contributed by atoms with Crippen molar-refractivity contribution in [3.63, 3.8) is 0 Å². The first kappa shape index (κ1) is 29.0. The molecule has 216 valence electrons. The van der Waals surface area contributed by atoms with Crippen molar-refractivity contribution in [1.29, 1.82) is 0 Å². The molecule has 2 amide bonds. The van der Waals surface area contributed by atoms with E-state index in [0.29, 0.717) is 45.6 Å². The van der Waals surface area contributed by atoms with Gasteiger partial charge in [0.05, 0.1) is 18.8 Å². The van der Waals surface area contributed by atoms with E-state index >= 15 is 0 Å². The summed E-state index contributed by atoms with van der Waals surface area (Å²) in [5.74, 6) is 2.20. The molecule has 40 heavy (non-hydrogen) atoms. The number of likely N-dealkylation sites (N-methyl/N-ethyl adjacent to an activating group) is 1. The van der Waals surface area contributed by atoms with Gasteiger partial charge in [-0.2, -0.15) is 0 Å². The Morgan fingerprint density at radius 2 is 1.62 bits per heavy atom. The van der Waals surface area contributed by atoms with Crippen LogP contribution < -0.4 is 15.0 Å². The van der Waals surface area contributed by atoms with Gasteiger partial charge in [-0.1, -0.05) is 29.6 Å². The summed E-state index contributed by atoms with van der Waals surface area (Å²) in [6.07, 6.45) is 6.18. The van der Waals surface area contributed by atoms with Crippen molar-refractivity contribution >= 4 is 40.7 Å². The zero-order valence-corrected chi connectivity index (χ0v) is 24.7. The third-order valence-corrected chi connectivity index (χ3v) is 8.89. The number of hydrogen-bond acceptors (Lipinski definition) is 6. The highest BCUT2D eigenvalue weighted by Gasteiger charge is 2.38. The van der Waals surface area contributed by atoms with Crippen LogP contribution in [0.1, 0.15) is 32.1 Å². The van der Waals surface area contributed by atoms with Gasteiger partial charge in [0, 0.05) is 43.3 Å². The highest BCUT2D eigenvalue weighted by Crippen LogP contribution is 2.38. The molecule has 2 aromatic rings. The highest BCUT2D eigenvalue weighted by atomic mass is 35.5. The molecule has 1 N–H and O–H groups in total. The predicted octanol–water partition coefficient (Wildman–Crippen LogP) is 4.91. The van der Waals surface area contributed by atoms with E-state index < -0.39 is 0 Å². The van der Waals surface area contributed by atoms with Crippen LogP contribution in [-0.2, 0) is 9.59 Å². The number of nitrogens with zero attached hydrogens (tertiary/aromatic N) is 4. The van der Waals surface area contributed by atoms with Crippen molar-refractivity contribution in [2.24, 2.45) is 11.8 Å². The van der Waals surface area contributed by atoms with E-state index in [2.05, 4.69) is 15.2 Å². The molecular formula is C30H39Cl2N5O3. The molecule has 2 atom stereocenters. The summed E-state index contributed by atoms with van der Waals surface area (Å²) in [6.45, 7) is 5.39. The zero-order chi connectivity index (χ0) is 28.1. The molecule has 0 radical (unpaired) electrons. The van der Waals surface area contributed by atoms with Crippen molar-refractivity contribution < 1.29 is 14.3 Å². The lowest BCUT2D eigenvalue weighted by atomic mass is 10.0. The van der Waals surface area contributed by atoms with E-state index in [9.17, 15) is 9.59 Å². The summed E-state index contributed by atoms with van der Waals surface area (Å²) >= 11 is 12.5. The maximum absolute atomic E-state index is 13.6. The number of carbonyl (C=O) groups is 2. The highest BCUT2D eigenvalue weighted by molar-refractivity contribution is 6.31. The first-order chi connectivity index (χ1) is 19.4. The third kappa shape index (κ3) is 7.40. The molecule has 8 nitrogen and oxygen atoms in total. The van der Waals surface area contributed by atoms with Crippen molar-refractivity contribution in [3.05, 3.63) is 52.5 Å². The van der Waals surface area contributed by atoms with E-state index in [0.717, 1.165) is 32.7 Å². The Balaban J connectivity index is 1.32. The Labute approximate surface area is 247 Å². The number of hydrazine groups is 1. The first-order valence-corrected chi connectivity index (χ1v) is 15.1. The summed E-state index contributed by atoms with van der Waals surface area (Å²) < 4.78 is 6.19. The van der Waals surface area contributed by atoms with Gasteiger partial charge in [-0.25, -0.2) is 5.01 Å². The number of amides is 2. The Morgan fingerprint density at radius 3 is 2.33 bits per heavy atom. The molecule has 5 rings (SSSR count). The van der Waals surface area contributed by atoms with Crippen LogP contribution >= 0.6 is 23.2 Å². The number of halogens is 2. The molecule has 1 unspecified atom stereocenters. The van der Waals surface area contributed by atoms with Crippen molar-refractivity contribution in [3.8, 4) is 11.5 Å². The van der Waals surface area contributed by atoms with Gasteiger partial charge in [0.15, 0.2) is 5.75 Å². The summed E-state index contributed by atoms with van der Waals surface area (Å²) in [5, 5.41) is 8.03. The van der Waals surface area contributed by atoms with E-state index in [1.807, 2.05) is 7.05 Å². The fourth-order valence-corrected chi connectivity index (χ4v) is 6.44. The number of carbonyl (C=O) groups excluding carboxylic acids is 2. The zero-order valence-electron chi connectivity index (χ0n) is 23.2. The van der Waals surface area contributed by atoms with Crippen LogP contribution in [-0.4, -0.2) is 86.1 Å². The average molecular weight is 589 g/mol. The number of benzene rings is 2. The van der Waals surface area contributed by atoms with Crippen molar-refractivity contribution in [2.45, 2.75) is 32.1 Å². The number of ether oxygens (including phenoxy) is 1. The van der Waals surface area contributed by atoms with Gasteiger partial charge < -0.3 is 19.9 Å². The van der Waals surface area contributed by atoms with Crippen LogP contribution in [0.15, 0.2) is 42.5 Å². The van der Waals surface area contributed by atoms with Crippen LogP contribution in [0, 0.1) is 11.8 Å². The lowest BCUT2D eigenvalue weighted by Gasteiger charge is -2.32. The maximum atomic E-state index is 13.6. The molecule has 2 aliphatic heterocycles. The van der Waals surface area contributed by atoms with Gasteiger partial charge >= 0.3 is 0 Å². The van der Waals surface area contributed by atoms with Gasteiger partial charge in [0.2, 0.25) is 5.91 Å². The van der Waals surface area contributed by atoms with Crippen LogP contribution in [0.4, 0.5) is 5.69 Å². The molecule has 3 aliphatic rings. The van der Waals surface area contributed by atoms with Gasteiger partial charge in [0.25, 0.3) is 5.91 Å². The number of rotatable bonds is 11. The molecule has 2 heterocycles. The number of likely N-dealkylation sites (tertiary alicyclic amines) is 1. The number of fused-ring (bicyclic) bond motifs is 1. The fourth-order valence-electron chi connectivity index (χ4n) is 6.15. The van der Waals surface area contributed by atoms with Crippen LogP contribution in [0.25, 0.3) is 0 Å². The van der Waals surface area contributed by atoms with E-state index in [1.165, 1.54) is 32.1 Å². The minimum Gasteiger partial charge on any atom is -0.455 e. The largest absolute Gasteiger partial charge is 0.455 e. The van der Waals surface area contributed by atoms with Crippen LogP contribution in [0.5, 0.6) is 11.5 Å². The smallest absolute Gasteiger partial charge is 0.256 e. The third-order valence-electron chi connectivity index (χ3n) is 8.40. The molecule has 1 saturated carbocycles. The monoisotopic (exact) mass is 587 g/mol. The Hall–Kier alpha value is -2.52. The van der Waals surface area contributed by atoms with Gasteiger partial charge in [-0.05, 0) is 93.1 Å². The Morgan fingerprint density at radius 1 is 0.950 bits per heavy atom. The topological polar surface area (TPSA) is 68.4 Å². The standard InChI is InChI=1S/C30H39Cl2N5O3/c1-34(37-18-22-5-4-6-23(22)19-37)30(39)21-36(20-29(38)33-13-16-35-14-2-3-15-35)27-17-25(32)9-12-28(27)40-26-10-7-24(31)8-11-26/h7-12,17,22-23H,2-6,13-16,18-21H2,1H3,(H,33,38)/t22-,23?/m1/s1. The van der Waals surface area contributed by atoms with Crippen molar-refractivity contribution in [1.82, 2.24) is 20.2 Å².